The molecule has 1 atom stereocenters. The molecular formula is C28H41N6O8P. The van der Waals surface area contributed by atoms with Crippen LogP contribution in [0, 0.1) is 5.92 Å². The van der Waals surface area contributed by atoms with Crippen LogP contribution in [-0.4, -0.2) is 113 Å². The van der Waals surface area contributed by atoms with Crippen molar-refractivity contribution in [3.8, 4) is 11.4 Å². The Kier molecular flexibility index (Phi) is 13.0. The van der Waals surface area contributed by atoms with Crippen molar-refractivity contribution in [2.24, 2.45) is 5.92 Å². The van der Waals surface area contributed by atoms with E-state index in [4.69, 9.17) is 9.84 Å². The molecule has 236 valence electrons. The molecule has 2 saturated heterocycles. The Morgan fingerprint density at radius 3 is 2.37 bits per heavy atom. The molecule has 43 heavy (non-hydrogen) atoms. The van der Waals surface area contributed by atoms with Gasteiger partial charge in [0.2, 0.25) is 5.91 Å². The van der Waals surface area contributed by atoms with E-state index >= 15 is 0 Å². The van der Waals surface area contributed by atoms with E-state index in [-0.39, 0.29) is 5.69 Å². The average molecular weight is 621 g/mol. The first-order valence-electron chi connectivity index (χ1n) is 14.3. The number of aromatic nitrogens is 2. The van der Waals surface area contributed by atoms with E-state index < -0.39 is 37.6 Å². The molecular weight excluding hydrogens is 579 g/mol. The van der Waals surface area contributed by atoms with Crippen LogP contribution in [0.1, 0.15) is 36.7 Å². The molecule has 1 aromatic carbocycles. The third-order valence-corrected chi connectivity index (χ3v) is 7.70. The predicted molar refractivity (Wildman–Crippen MR) is 160 cm³/mol. The van der Waals surface area contributed by atoms with Crippen molar-refractivity contribution in [1.82, 2.24) is 25.5 Å². The molecule has 1 unspecified atom stereocenters. The molecule has 0 radical (unpaired) electrons. The van der Waals surface area contributed by atoms with E-state index in [1.807, 2.05) is 42.2 Å². The Bertz CT molecular complexity index is 1270. The highest BCUT2D eigenvalue weighted by Crippen LogP contribution is 2.35. The van der Waals surface area contributed by atoms with Gasteiger partial charge in [0, 0.05) is 70.3 Å². The minimum absolute atomic E-state index is 0.0119. The number of carbonyl (C=O) groups is 3. The van der Waals surface area contributed by atoms with E-state index in [1.165, 1.54) is 11.0 Å². The normalized spacial score (nSPS) is 16.0. The Morgan fingerprint density at radius 1 is 1.14 bits per heavy atom. The predicted octanol–water partition coefficient (Wildman–Crippen LogP) is 1.20. The van der Waals surface area contributed by atoms with Crippen LogP contribution >= 0.6 is 7.60 Å². The molecule has 1 aromatic heterocycles. The zero-order valence-corrected chi connectivity index (χ0v) is 25.4. The van der Waals surface area contributed by atoms with Gasteiger partial charge in [-0.1, -0.05) is 43.7 Å². The summed E-state index contributed by atoms with van der Waals surface area (Å²) < 4.78 is 17.0. The number of benzene rings is 1. The lowest BCUT2D eigenvalue weighted by atomic mass is 10.0. The minimum Gasteiger partial charge on any atom is -0.481 e. The third-order valence-electron chi connectivity index (χ3n) is 6.86. The second kappa shape index (κ2) is 16.4. The average Bonchev–Trinajstić information content (AvgIpc) is 2.97. The highest BCUT2D eigenvalue weighted by Gasteiger charge is 2.34. The van der Waals surface area contributed by atoms with Gasteiger partial charge < -0.3 is 40.1 Å². The molecule has 0 aliphatic carbocycles. The van der Waals surface area contributed by atoms with Crippen LogP contribution in [0.2, 0.25) is 0 Å². The first-order valence-corrected chi connectivity index (χ1v) is 16.1. The quantitative estimate of drug-likeness (QED) is 0.213. The summed E-state index contributed by atoms with van der Waals surface area (Å²) >= 11 is 0. The summed E-state index contributed by atoms with van der Waals surface area (Å²) in [6.45, 7) is 5.93. The summed E-state index contributed by atoms with van der Waals surface area (Å²) in [5.74, 6) is -0.675. The lowest BCUT2D eigenvalue weighted by molar-refractivity contribution is -0.137. The number of rotatable bonds is 12. The fraction of sp³-hybridized carbons (Fsp3) is 0.536. The molecule has 0 saturated carbocycles. The van der Waals surface area contributed by atoms with Crippen molar-refractivity contribution in [1.29, 1.82) is 0 Å². The van der Waals surface area contributed by atoms with Crippen LogP contribution in [0.3, 0.4) is 0 Å². The van der Waals surface area contributed by atoms with Crippen molar-refractivity contribution in [2.75, 3.05) is 64.0 Å². The number of unbranched alkanes of at least 4 members (excludes halogenated alkanes) is 1. The summed E-state index contributed by atoms with van der Waals surface area (Å²) in [5.41, 5.74) is 0.726. The summed E-state index contributed by atoms with van der Waals surface area (Å²) in [5, 5.41) is 13.7. The van der Waals surface area contributed by atoms with Gasteiger partial charge in [-0.15, -0.1) is 0 Å². The van der Waals surface area contributed by atoms with Crippen molar-refractivity contribution < 1.29 is 38.6 Å². The second-order valence-electron chi connectivity index (χ2n) is 10.5. The maximum Gasteiger partial charge on any atom is 0.328 e. The number of carbonyl (C=O) groups excluding carboxylic acids is 2. The van der Waals surface area contributed by atoms with Gasteiger partial charge in [0.1, 0.15) is 17.6 Å². The Labute approximate surface area is 251 Å². The number of hydrogen-bond donors (Lipinski definition) is 5. The fourth-order valence-electron chi connectivity index (χ4n) is 4.62. The lowest BCUT2D eigenvalue weighted by Gasteiger charge is -2.40. The Morgan fingerprint density at radius 2 is 1.81 bits per heavy atom. The van der Waals surface area contributed by atoms with E-state index in [1.54, 1.807) is 7.11 Å². The van der Waals surface area contributed by atoms with Crippen LogP contribution in [0.15, 0.2) is 36.4 Å². The van der Waals surface area contributed by atoms with E-state index in [0.29, 0.717) is 75.4 Å². The summed E-state index contributed by atoms with van der Waals surface area (Å²) in [6, 6.07) is 9.35. The second-order valence-corrected chi connectivity index (χ2v) is 12.2. The zero-order valence-electron chi connectivity index (χ0n) is 24.5. The molecule has 2 amide bonds. The van der Waals surface area contributed by atoms with Gasteiger partial charge in [-0.2, -0.15) is 0 Å². The number of aliphatic carboxylic acids is 1. The van der Waals surface area contributed by atoms with E-state index in [0.717, 1.165) is 12.8 Å². The van der Waals surface area contributed by atoms with Gasteiger partial charge in [0.25, 0.3) is 5.91 Å². The minimum atomic E-state index is -4.60. The van der Waals surface area contributed by atoms with Gasteiger partial charge in [-0.25, -0.2) is 9.97 Å². The molecule has 5 N–H and O–H groups in total. The molecule has 2 aromatic rings. The van der Waals surface area contributed by atoms with Gasteiger partial charge in [-0.05, 0) is 6.42 Å². The molecule has 2 aliphatic rings. The number of nitrogens with one attached hydrogen (secondary N) is 2. The molecule has 0 bridgehead atoms. The van der Waals surface area contributed by atoms with Crippen molar-refractivity contribution in [3.05, 3.63) is 42.1 Å². The number of piperazine rings is 1. The Hall–Kier alpha value is -3.42. The maximum absolute atomic E-state index is 13.3. The highest BCUT2D eigenvalue weighted by atomic mass is 31.2. The monoisotopic (exact) mass is 620 g/mol. The number of hydrogen-bond acceptors (Lipinski definition) is 9. The fourth-order valence-corrected chi connectivity index (χ4v) is 5.34. The summed E-state index contributed by atoms with van der Waals surface area (Å²) in [4.78, 5) is 67.8. The maximum atomic E-state index is 13.3. The molecule has 4 rings (SSSR count). The number of carboxylic acids is 1. The molecule has 2 fully saturated rings. The van der Waals surface area contributed by atoms with Crippen LogP contribution in [0.4, 0.5) is 5.82 Å². The lowest BCUT2D eigenvalue weighted by Crippen LogP contribution is -2.55. The van der Waals surface area contributed by atoms with Crippen LogP contribution < -0.4 is 15.5 Å². The zero-order chi connectivity index (χ0) is 31.4. The highest BCUT2D eigenvalue weighted by molar-refractivity contribution is 7.51. The molecule has 15 heteroatoms. The largest absolute Gasteiger partial charge is 0.481 e. The molecule has 0 spiro atoms. The first kappa shape index (κ1) is 34.1. The summed E-state index contributed by atoms with van der Waals surface area (Å²) in [6.07, 6.45) is 1.29. The van der Waals surface area contributed by atoms with Crippen molar-refractivity contribution in [2.45, 2.75) is 32.2 Å². The number of nitrogens with zero attached hydrogens (tertiary/aromatic N) is 4. The van der Waals surface area contributed by atoms with Gasteiger partial charge in [0.15, 0.2) is 5.82 Å². The molecule has 14 nitrogen and oxygen atoms in total. The number of methoxy groups -OCH3 is 1. The van der Waals surface area contributed by atoms with Gasteiger partial charge >= 0.3 is 13.6 Å². The van der Waals surface area contributed by atoms with Crippen molar-refractivity contribution >= 4 is 31.2 Å². The first-order chi connectivity index (χ1) is 20.5. The number of anilines is 1. The smallest absolute Gasteiger partial charge is 0.328 e. The van der Waals surface area contributed by atoms with Crippen molar-refractivity contribution in [3.63, 3.8) is 0 Å². The Balaban J connectivity index is 0.000000646. The van der Waals surface area contributed by atoms with Gasteiger partial charge in [-0.3, -0.25) is 18.9 Å². The number of ether oxygens (including phenoxy) is 1. The topological polar surface area (TPSA) is 195 Å². The van der Waals surface area contributed by atoms with Crippen LogP contribution in [0.5, 0.6) is 0 Å². The van der Waals surface area contributed by atoms with E-state index in [9.17, 15) is 28.7 Å². The summed E-state index contributed by atoms with van der Waals surface area (Å²) in [7, 11) is -2.95. The molecule has 2 aliphatic heterocycles. The van der Waals surface area contributed by atoms with Crippen LogP contribution in [0.25, 0.3) is 11.4 Å². The standard InChI is InChI=1S/C23H31N6O6P.C5H10O2/c1-35-14-16-12-29(13-16)20-11-18(25-21(27-20)17-5-3-2-4-6-17)22(30)26-19(15-36(32,33)34)23(31)28-9-7-24-8-10-28;1-2-3-4-5(6)7/h2-6,11,16,19,24H,7-10,12-15H2,1H3,(H,26,30)(H2,32,33,34);2-4H2,1H3,(H,6,7). The molecule has 3 heterocycles. The SMILES string of the molecule is CCCCC(=O)O.COCC1CN(c2cc(C(=O)NC(CP(=O)(O)O)C(=O)N3CCNCC3)nc(-c3ccccc3)n2)C1. The van der Waals surface area contributed by atoms with Gasteiger partial charge in [0.05, 0.1) is 12.8 Å². The third kappa shape index (κ3) is 11.0. The number of carboxylic acid groups (broad SMARTS) is 1. The number of amides is 2. The van der Waals surface area contributed by atoms with Crippen LogP contribution in [-0.2, 0) is 18.9 Å². The van der Waals surface area contributed by atoms with E-state index in [2.05, 4.69) is 20.6 Å².